The Hall–Kier alpha value is -1.89. The maximum Gasteiger partial charge on any atom is 0.311 e. The van der Waals surface area contributed by atoms with Gasteiger partial charge in [0.05, 0.1) is 11.1 Å². The van der Waals surface area contributed by atoms with Crippen molar-refractivity contribution in [2.75, 3.05) is 19.7 Å². The lowest BCUT2D eigenvalue weighted by molar-refractivity contribution is -0.149. The summed E-state index contributed by atoms with van der Waals surface area (Å²) in [6.45, 7) is 2.76. The molecule has 3 rings (SSSR count). The normalized spacial score (nSPS) is 27.1. The fourth-order valence-corrected chi connectivity index (χ4v) is 3.64. The number of aromatic nitrogens is 1. The number of aliphatic carboxylic acids is 1. The highest BCUT2D eigenvalue weighted by molar-refractivity contribution is 5.82. The van der Waals surface area contributed by atoms with Gasteiger partial charge in [-0.15, -0.1) is 0 Å². The third-order valence-electron chi connectivity index (χ3n) is 4.80. The molecule has 0 bridgehead atoms. The van der Waals surface area contributed by atoms with Crippen LogP contribution in [0.4, 0.5) is 0 Å². The van der Waals surface area contributed by atoms with Gasteiger partial charge >= 0.3 is 5.97 Å². The Labute approximate surface area is 128 Å². The maximum atomic E-state index is 12.2. The van der Waals surface area contributed by atoms with Crippen LogP contribution in [0.5, 0.6) is 0 Å². The molecule has 0 aromatic carbocycles. The molecule has 1 saturated carbocycles. The van der Waals surface area contributed by atoms with E-state index in [1.807, 2.05) is 6.92 Å². The monoisotopic (exact) mass is 308 g/mol. The fraction of sp³-hybridized carbons (Fsp3) is 0.667. The van der Waals surface area contributed by atoms with E-state index in [2.05, 4.69) is 5.16 Å². The quantitative estimate of drug-likeness (QED) is 0.879. The van der Waals surface area contributed by atoms with E-state index in [0.29, 0.717) is 25.3 Å². The Morgan fingerprint density at radius 3 is 3.05 bits per heavy atom. The zero-order valence-electron chi connectivity index (χ0n) is 12.6. The van der Waals surface area contributed by atoms with Crippen LogP contribution in [0.25, 0.3) is 0 Å². The van der Waals surface area contributed by atoms with Crippen molar-refractivity contribution in [1.29, 1.82) is 0 Å². The summed E-state index contributed by atoms with van der Waals surface area (Å²) in [6, 6.07) is 1.75. The van der Waals surface area contributed by atoms with Crippen LogP contribution in [-0.2, 0) is 20.9 Å². The number of carboxylic acid groups (broad SMARTS) is 1. The first-order valence-corrected chi connectivity index (χ1v) is 7.52. The molecule has 2 atom stereocenters. The summed E-state index contributed by atoms with van der Waals surface area (Å²) in [4.78, 5) is 25.4. The van der Waals surface area contributed by atoms with Gasteiger partial charge in [-0.2, -0.15) is 0 Å². The lowest BCUT2D eigenvalue weighted by Gasteiger charge is -2.23. The van der Waals surface area contributed by atoms with Gasteiger partial charge in [-0.25, -0.2) is 0 Å². The molecule has 0 spiro atoms. The summed E-state index contributed by atoms with van der Waals surface area (Å²) in [6.07, 6.45) is 2.48. The van der Waals surface area contributed by atoms with Crippen molar-refractivity contribution in [2.45, 2.75) is 32.8 Å². The van der Waals surface area contributed by atoms with Crippen LogP contribution < -0.4 is 0 Å². The van der Waals surface area contributed by atoms with Crippen molar-refractivity contribution < 1.29 is 24.0 Å². The summed E-state index contributed by atoms with van der Waals surface area (Å²) in [5.74, 6) is -0.286. The van der Waals surface area contributed by atoms with Gasteiger partial charge in [-0.05, 0) is 25.7 Å². The summed E-state index contributed by atoms with van der Waals surface area (Å²) >= 11 is 0. The molecule has 1 amide bonds. The highest BCUT2D eigenvalue weighted by Gasteiger charge is 2.55. The van der Waals surface area contributed by atoms with Gasteiger partial charge in [0.2, 0.25) is 5.91 Å². The number of amides is 1. The number of ether oxygens (including phenoxy) is 1. The molecule has 1 aromatic heterocycles. The van der Waals surface area contributed by atoms with E-state index in [0.717, 1.165) is 18.5 Å². The van der Waals surface area contributed by atoms with Crippen LogP contribution in [0, 0.1) is 18.3 Å². The molecule has 22 heavy (non-hydrogen) atoms. The molecule has 7 nitrogen and oxygen atoms in total. The molecule has 7 heteroatoms. The number of rotatable bonds is 5. The molecule has 0 unspecified atom stereocenters. The van der Waals surface area contributed by atoms with E-state index in [4.69, 9.17) is 9.26 Å². The van der Waals surface area contributed by atoms with Crippen LogP contribution in [-0.4, -0.2) is 46.7 Å². The number of carboxylic acids is 1. The molecule has 2 fully saturated rings. The number of hydrogen-bond acceptors (Lipinski definition) is 5. The van der Waals surface area contributed by atoms with Crippen LogP contribution in [0.2, 0.25) is 0 Å². The molecule has 1 N–H and O–H groups in total. The molecular formula is C15H20N2O5. The standard InChI is InChI=1S/C15H20N2O5/c1-10-5-12(22-16-10)7-21-8-13(18)17-6-11-3-2-4-15(11,9-17)14(19)20/h5,11H,2-4,6-9H2,1H3,(H,19,20)/t11-,15+/m0/s1. The Morgan fingerprint density at radius 2 is 2.41 bits per heavy atom. The molecule has 120 valence electrons. The third kappa shape index (κ3) is 2.61. The van der Waals surface area contributed by atoms with E-state index in [1.54, 1.807) is 11.0 Å². The third-order valence-corrected chi connectivity index (χ3v) is 4.80. The van der Waals surface area contributed by atoms with E-state index in [1.165, 1.54) is 0 Å². The zero-order valence-corrected chi connectivity index (χ0v) is 12.6. The van der Waals surface area contributed by atoms with E-state index in [9.17, 15) is 14.7 Å². The Bertz CT molecular complexity index is 584. The van der Waals surface area contributed by atoms with Gasteiger partial charge in [0.1, 0.15) is 13.2 Å². The fourth-order valence-electron chi connectivity index (χ4n) is 3.64. The van der Waals surface area contributed by atoms with E-state index >= 15 is 0 Å². The lowest BCUT2D eigenvalue weighted by Crippen LogP contribution is -2.38. The van der Waals surface area contributed by atoms with Crippen molar-refractivity contribution in [3.8, 4) is 0 Å². The summed E-state index contributed by atoms with van der Waals surface area (Å²) in [5, 5.41) is 13.3. The van der Waals surface area contributed by atoms with Crippen LogP contribution in [0.1, 0.15) is 30.7 Å². The number of aryl methyl sites for hydroxylation is 1. The minimum Gasteiger partial charge on any atom is -0.481 e. The summed E-state index contributed by atoms with van der Waals surface area (Å²) in [5.41, 5.74) is 0.0261. The second kappa shape index (κ2) is 5.72. The van der Waals surface area contributed by atoms with Crippen molar-refractivity contribution in [2.24, 2.45) is 11.3 Å². The second-order valence-corrected chi connectivity index (χ2v) is 6.25. The average Bonchev–Trinajstić information content (AvgIpc) is 3.12. The highest BCUT2D eigenvalue weighted by atomic mass is 16.5. The first kappa shape index (κ1) is 15.0. The van der Waals surface area contributed by atoms with Gasteiger partial charge in [-0.1, -0.05) is 11.6 Å². The molecule has 1 saturated heterocycles. The van der Waals surface area contributed by atoms with Gasteiger partial charge < -0.3 is 19.3 Å². The van der Waals surface area contributed by atoms with Gasteiger partial charge in [-0.3, -0.25) is 9.59 Å². The highest BCUT2D eigenvalue weighted by Crippen LogP contribution is 2.48. The Morgan fingerprint density at radius 1 is 1.59 bits per heavy atom. The number of fused-ring (bicyclic) bond motifs is 1. The summed E-state index contributed by atoms with van der Waals surface area (Å²) < 4.78 is 10.4. The smallest absolute Gasteiger partial charge is 0.311 e. The molecule has 1 aromatic rings. The minimum absolute atomic E-state index is 0.0673. The van der Waals surface area contributed by atoms with Gasteiger partial charge in [0.15, 0.2) is 5.76 Å². The van der Waals surface area contributed by atoms with Crippen molar-refractivity contribution >= 4 is 11.9 Å². The SMILES string of the molecule is Cc1cc(COCC(=O)N2C[C@@H]3CCC[C@@]3(C(=O)O)C2)on1. The van der Waals surface area contributed by atoms with Crippen molar-refractivity contribution in [1.82, 2.24) is 10.1 Å². The molecule has 2 heterocycles. The van der Waals surface area contributed by atoms with E-state index in [-0.39, 0.29) is 25.0 Å². The first-order valence-electron chi connectivity index (χ1n) is 7.52. The molecular weight excluding hydrogens is 288 g/mol. The lowest BCUT2D eigenvalue weighted by atomic mass is 9.81. The Kier molecular flexibility index (Phi) is 3.90. The topological polar surface area (TPSA) is 92.9 Å². The van der Waals surface area contributed by atoms with Crippen molar-refractivity contribution in [3.05, 3.63) is 17.5 Å². The maximum absolute atomic E-state index is 12.2. The first-order chi connectivity index (χ1) is 10.5. The van der Waals surface area contributed by atoms with Gasteiger partial charge in [0, 0.05) is 19.2 Å². The number of hydrogen-bond donors (Lipinski definition) is 1. The van der Waals surface area contributed by atoms with Crippen LogP contribution in [0.3, 0.4) is 0 Å². The number of carbonyl (C=O) groups is 2. The number of likely N-dealkylation sites (tertiary alicyclic amines) is 1. The number of nitrogens with zero attached hydrogens (tertiary/aromatic N) is 2. The zero-order chi connectivity index (χ0) is 15.7. The average molecular weight is 308 g/mol. The second-order valence-electron chi connectivity index (χ2n) is 6.25. The Balaban J connectivity index is 1.52. The minimum atomic E-state index is -0.775. The van der Waals surface area contributed by atoms with Gasteiger partial charge in [0.25, 0.3) is 0 Å². The largest absolute Gasteiger partial charge is 0.481 e. The molecule has 2 aliphatic rings. The van der Waals surface area contributed by atoms with Crippen LogP contribution >= 0.6 is 0 Å². The summed E-state index contributed by atoms with van der Waals surface area (Å²) in [7, 11) is 0. The molecule has 0 radical (unpaired) electrons. The van der Waals surface area contributed by atoms with E-state index < -0.39 is 11.4 Å². The van der Waals surface area contributed by atoms with Crippen LogP contribution in [0.15, 0.2) is 10.6 Å². The molecule has 1 aliphatic carbocycles. The predicted octanol–water partition coefficient (Wildman–Crippen LogP) is 1.21. The predicted molar refractivity (Wildman–Crippen MR) is 74.9 cm³/mol. The van der Waals surface area contributed by atoms with Crippen molar-refractivity contribution in [3.63, 3.8) is 0 Å². The molecule has 1 aliphatic heterocycles. The number of carbonyl (C=O) groups excluding carboxylic acids is 1.